The van der Waals surface area contributed by atoms with Gasteiger partial charge < -0.3 is 5.73 Å². The first-order valence-electron chi connectivity index (χ1n) is 5.66. The Morgan fingerprint density at radius 1 is 0.929 bits per heavy atom. The molecule has 0 heterocycles. The molecule has 2 saturated carbocycles. The Morgan fingerprint density at radius 3 is 1.64 bits per heavy atom. The van der Waals surface area contributed by atoms with Crippen LogP contribution in [0.3, 0.4) is 0 Å². The predicted molar refractivity (Wildman–Crippen MR) is 63.1 cm³/mol. The second kappa shape index (κ2) is 5.35. The fourth-order valence-corrected chi connectivity index (χ4v) is 2.73. The molecule has 2 unspecified atom stereocenters. The number of allylic oxidation sites excluding steroid dienone is 2. The minimum atomic E-state index is 0.955. The Labute approximate surface area is 88.1 Å². The van der Waals surface area contributed by atoms with E-state index in [1.54, 1.807) is 0 Å². The molecule has 2 aliphatic carbocycles. The topological polar surface area (TPSA) is 26.0 Å². The number of rotatable bonds is 0. The zero-order valence-corrected chi connectivity index (χ0v) is 9.39. The van der Waals surface area contributed by atoms with E-state index in [1.807, 2.05) is 0 Å². The predicted octanol–water partition coefficient (Wildman–Crippen LogP) is 3.27. The third-order valence-electron chi connectivity index (χ3n) is 3.51. The van der Waals surface area contributed by atoms with Crippen LogP contribution in [0.25, 0.3) is 0 Å². The maximum atomic E-state index is 4.50. The van der Waals surface area contributed by atoms with Crippen LogP contribution in [0.2, 0.25) is 0 Å². The summed E-state index contributed by atoms with van der Waals surface area (Å²) in [6.45, 7) is 8.20. The van der Waals surface area contributed by atoms with Gasteiger partial charge >= 0.3 is 0 Å². The molecular formula is C13H23N. The molecule has 1 nitrogen and oxygen atoms in total. The van der Waals surface area contributed by atoms with E-state index in [0.29, 0.717) is 0 Å². The van der Waals surface area contributed by atoms with Crippen LogP contribution in [0, 0.1) is 11.8 Å². The summed E-state index contributed by atoms with van der Waals surface area (Å²) >= 11 is 0. The quantitative estimate of drug-likeness (QED) is 0.587. The van der Waals surface area contributed by atoms with Crippen LogP contribution in [0.1, 0.15) is 38.5 Å². The standard InChI is InChI=1S/C12H18.CH5N/c1-9-3-5-12-8-10(2)4-6-11(12)7-9;1-2/h11-12H,1-8H2;2H2,1H3. The average Bonchev–Trinajstić information content (AvgIpc) is 2.21. The summed E-state index contributed by atoms with van der Waals surface area (Å²) in [5.74, 6) is 1.91. The summed E-state index contributed by atoms with van der Waals surface area (Å²) in [5, 5.41) is 0. The highest BCUT2D eigenvalue weighted by molar-refractivity contribution is 5.09. The van der Waals surface area contributed by atoms with Gasteiger partial charge in [-0.3, -0.25) is 0 Å². The minimum absolute atomic E-state index is 0.955. The summed E-state index contributed by atoms with van der Waals surface area (Å²) in [5.41, 5.74) is 7.48. The number of hydrogen-bond acceptors (Lipinski definition) is 1. The first kappa shape index (κ1) is 11.5. The Hall–Kier alpha value is -0.560. The molecule has 2 N–H and O–H groups in total. The van der Waals surface area contributed by atoms with Gasteiger partial charge in [-0.15, -0.1) is 0 Å². The molecule has 2 fully saturated rings. The molecule has 0 radical (unpaired) electrons. The lowest BCUT2D eigenvalue weighted by Crippen LogP contribution is -2.24. The van der Waals surface area contributed by atoms with Gasteiger partial charge in [0.2, 0.25) is 0 Å². The van der Waals surface area contributed by atoms with Crippen molar-refractivity contribution < 1.29 is 0 Å². The number of hydrogen-bond donors (Lipinski definition) is 1. The summed E-state index contributed by atoms with van der Waals surface area (Å²) in [6, 6.07) is 0. The second-order valence-corrected chi connectivity index (χ2v) is 4.51. The van der Waals surface area contributed by atoms with Crippen LogP contribution >= 0.6 is 0 Å². The van der Waals surface area contributed by atoms with Crippen molar-refractivity contribution in [2.24, 2.45) is 17.6 Å². The zero-order chi connectivity index (χ0) is 10.6. The molecule has 2 atom stereocenters. The highest BCUT2D eigenvalue weighted by atomic mass is 14.4. The molecule has 0 amide bonds. The highest BCUT2D eigenvalue weighted by Crippen LogP contribution is 2.43. The average molecular weight is 193 g/mol. The fourth-order valence-electron chi connectivity index (χ4n) is 2.73. The van der Waals surface area contributed by atoms with Crippen molar-refractivity contribution in [2.75, 3.05) is 7.05 Å². The second-order valence-electron chi connectivity index (χ2n) is 4.51. The molecule has 0 spiro atoms. The lowest BCUT2D eigenvalue weighted by Gasteiger charge is -2.37. The molecule has 14 heavy (non-hydrogen) atoms. The molecule has 0 aromatic rings. The Bertz CT molecular complexity index is 193. The smallest absolute Gasteiger partial charge is 0.0195 e. The molecule has 0 aromatic heterocycles. The summed E-state index contributed by atoms with van der Waals surface area (Å²) in [6.07, 6.45) is 7.91. The third kappa shape index (κ3) is 2.71. The van der Waals surface area contributed by atoms with Crippen molar-refractivity contribution in [3.8, 4) is 0 Å². The Kier molecular flexibility index (Phi) is 4.40. The van der Waals surface area contributed by atoms with Gasteiger partial charge in [-0.05, 0) is 57.4 Å². The van der Waals surface area contributed by atoms with E-state index in [9.17, 15) is 0 Å². The van der Waals surface area contributed by atoms with E-state index in [4.69, 9.17) is 0 Å². The summed E-state index contributed by atoms with van der Waals surface area (Å²) in [7, 11) is 1.50. The van der Waals surface area contributed by atoms with E-state index in [0.717, 1.165) is 11.8 Å². The first-order chi connectivity index (χ1) is 6.75. The van der Waals surface area contributed by atoms with Crippen LogP contribution < -0.4 is 5.73 Å². The van der Waals surface area contributed by atoms with Gasteiger partial charge in [0, 0.05) is 0 Å². The Balaban J connectivity index is 0.000000461. The van der Waals surface area contributed by atoms with Gasteiger partial charge in [-0.25, -0.2) is 0 Å². The van der Waals surface area contributed by atoms with Crippen molar-refractivity contribution in [1.29, 1.82) is 0 Å². The minimum Gasteiger partial charge on any atom is -0.333 e. The van der Waals surface area contributed by atoms with Crippen molar-refractivity contribution in [1.82, 2.24) is 0 Å². The molecule has 80 valence electrons. The number of fused-ring (bicyclic) bond motifs is 1. The van der Waals surface area contributed by atoms with Gasteiger partial charge in [-0.2, -0.15) is 0 Å². The molecule has 0 bridgehead atoms. The van der Waals surface area contributed by atoms with Crippen molar-refractivity contribution >= 4 is 0 Å². The molecular weight excluding hydrogens is 170 g/mol. The maximum absolute atomic E-state index is 4.50. The monoisotopic (exact) mass is 193 g/mol. The largest absolute Gasteiger partial charge is 0.333 e. The van der Waals surface area contributed by atoms with Crippen LogP contribution in [0.15, 0.2) is 24.3 Å². The Morgan fingerprint density at radius 2 is 1.29 bits per heavy atom. The highest BCUT2D eigenvalue weighted by Gasteiger charge is 2.29. The zero-order valence-electron chi connectivity index (χ0n) is 9.39. The maximum Gasteiger partial charge on any atom is -0.0195 e. The van der Waals surface area contributed by atoms with Gasteiger partial charge in [0.15, 0.2) is 0 Å². The fraction of sp³-hybridized carbons (Fsp3) is 0.692. The van der Waals surface area contributed by atoms with Crippen molar-refractivity contribution in [3.63, 3.8) is 0 Å². The molecule has 1 heteroatoms. The van der Waals surface area contributed by atoms with Gasteiger partial charge in [-0.1, -0.05) is 24.3 Å². The first-order valence-corrected chi connectivity index (χ1v) is 5.66. The molecule has 2 rings (SSSR count). The van der Waals surface area contributed by atoms with E-state index >= 15 is 0 Å². The van der Waals surface area contributed by atoms with E-state index < -0.39 is 0 Å². The number of nitrogens with two attached hydrogens (primary N) is 1. The van der Waals surface area contributed by atoms with Gasteiger partial charge in [0.1, 0.15) is 0 Å². The lowest BCUT2D eigenvalue weighted by molar-refractivity contribution is 0.232. The van der Waals surface area contributed by atoms with Gasteiger partial charge in [0.25, 0.3) is 0 Å². The van der Waals surface area contributed by atoms with Crippen molar-refractivity contribution in [3.05, 3.63) is 24.3 Å². The molecule has 2 aliphatic rings. The molecule has 0 aliphatic heterocycles. The van der Waals surface area contributed by atoms with Crippen LogP contribution in [0.4, 0.5) is 0 Å². The van der Waals surface area contributed by atoms with Crippen LogP contribution in [0.5, 0.6) is 0 Å². The molecule has 0 saturated heterocycles. The normalized spacial score (nSPS) is 31.6. The summed E-state index contributed by atoms with van der Waals surface area (Å²) in [4.78, 5) is 0. The third-order valence-corrected chi connectivity index (χ3v) is 3.51. The van der Waals surface area contributed by atoms with E-state index in [1.165, 1.54) is 56.7 Å². The van der Waals surface area contributed by atoms with Gasteiger partial charge in [0.05, 0.1) is 0 Å². The van der Waals surface area contributed by atoms with E-state index in [2.05, 4.69) is 18.9 Å². The van der Waals surface area contributed by atoms with Crippen molar-refractivity contribution in [2.45, 2.75) is 38.5 Å². The van der Waals surface area contributed by atoms with Crippen LogP contribution in [-0.2, 0) is 0 Å². The molecule has 0 aromatic carbocycles. The summed E-state index contributed by atoms with van der Waals surface area (Å²) < 4.78 is 0. The lowest BCUT2D eigenvalue weighted by atomic mass is 9.68. The SMILES string of the molecule is C=C1CCC2CC(=C)CCC2C1.CN. The van der Waals surface area contributed by atoms with Crippen LogP contribution in [-0.4, -0.2) is 7.05 Å². The van der Waals surface area contributed by atoms with E-state index in [-0.39, 0.29) is 0 Å².